The lowest BCUT2D eigenvalue weighted by Crippen LogP contribution is -1.56. The van der Waals surface area contributed by atoms with Crippen molar-refractivity contribution in [2.75, 3.05) is 0 Å². The van der Waals surface area contributed by atoms with Crippen molar-refractivity contribution < 1.29 is 0 Å². The Kier molecular flexibility index (Phi) is 4.04. The highest BCUT2D eigenvalue weighted by molar-refractivity contribution is 7.78. The molecule has 0 aliphatic carbocycles. The molecule has 0 fully saturated rings. The van der Waals surface area contributed by atoms with Gasteiger partial charge in [0.15, 0.2) is 0 Å². The molecule has 0 unspecified atom stereocenters. The van der Waals surface area contributed by atoms with Crippen LogP contribution in [0, 0.1) is 0 Å². The van der Waals surface area contributed by atoms with Gasteiger partial charge in [0, 0.05) is 6.21 Å². The Morgan fingerprint density at radius 1 is 2.00 bits per heavy atom. The number of hydrogen-bond donors (Lipinski definition) is 1. The summed E-state index contributed by atoms with van der Waals surface area (Å²) in [6.45, 7) is 2.01. The average Bonchev–Trinajstić information content (AvgIpc) is 1.41. The van der Waals surface area contributed by atoms with E-state index >= 15 is 0 Å². The van der Waals surface area contributed by atoms with Gasteiger partial charge < -0.3 is 0 Å². The highest BCUT2D eigenvalue weighted by Crippen LogP contribution is 1.70. The van der Waals surface area contributed by atoms with Crippen molar-refractivity contribution in [3.8, 4) is 0 Å². The summed E-state index contributed by atoms with van der Waals surface area (Å²) in [4.78, 5) is 0. The fourth-order valence-electron chi connectivity index (χ4n) is 0.0816. The molecule has 30 valence electrons. The van der Waals surface area contributed by atoms with E-state index in [9.17, 15) is 0 Å². The van der Waals surface area contributed by atoms with E-state index in [4.69, 9.17) is 0 Å². The number of rotatable bonds is 1. The molecular formula is C3H7NS. The summed E-state index contributed by atoms with van der Waals surface area (Å²) in [7, 11) is 0. The zero-order valence-corrected chi connectivity index (χ0v) is 4.07. The van der Waals surface area contributed by atoms with Crippen molar-refractivity contribution in [3.05, 3.63) is 0 Å². The Bertz CT molecular complexity index is 33.9. The Morgan fingerprint density at radius 2 is 2.60 bits per heavy atom. The molecule has 0 saturated carbocycles. The zero-order chi connectivity index (χ0) is 4.12. The summed E-state index contributed by atoms with van der Waals surface area (Å²) >= 11 is 3.57. The van der Waals surface area contributed by atoms with Crippen LogP contribution in [0.2, 0.25) is 0 Å². The van der Waals surface area contributed by atoms with Crippen LogP contribution in [0.3, 0.4) is 0 Å². The van der Waals surface area contributed by atoms with E-state index < -0.39 is 0 Å². The second-order valence-corrected chi connectivity index (χ2v) is 0.937. The number of thiol groups is 1. The topological polar surface area (TPSA) is 12.4 Å². The van der Waals surface area contributed by atoms with Crippen molar-refractivity contribution in [1.29, 1.82) is 0 Å². The zero-order valence-electron chi connectivity index (χ0n) is 3.18. The van der Waals surface area contributed by atoms with Crippen LogP contribution in [0.5, 0.6) is 0 Å². The molecule has 2 heteroatoms. The summed E-state index contributed by atoms with van der Waals surface area (Å²) in [5.41, 5.74) is 0. The third-order valence-electron chi connectivity index (χ3n) is 0.264. The van der Waals surface area contributed by atoms with Gasteiger partial charge in [-0.3, -0.25) is 0 Å². The molecule has 0 N–H and O–H groups in total. The standard InChI is InChI=1S/C3H7NS/c1-2-3-4-5/h3,5H,2H2,1H3/b4-3-. The molecule has 0 heterocycles. The van der Waals surface area contributed by atoms with Gasteiger partial charge in [0.05, 0.1) is 0 Å². The minimum Gasteiger partial charge on any atom is -0.232 e. The molecule has 0 aliphatic rings. The van der Waals surface area contributed by atoms with Crippen LogP contribution >= 0.6 is 12.8 Å². The van der Waals surface area contributed by atoms with E-state index in [0.717, 1.165) is 6.42 Å². The van der Waals surface area contributed by atoms with Crippen molar-refractivity contribution in [2.24, 2.45) is 4.40 Å². The quantitative estimate of drug-likeness (QED) is 0.367. The minimum atomic E-state index is 0.976. The lowest BCUT2D eigenvalue weighted by atomic mass is 10.6. The van der Waals surface area contributed by atoms with E-state index in [0.29, 0.717) is 0 Å². The molecule has 5 heavy (non-hydrogen) atoms. The van der Waals surface area contributed by atoms with Gasteiger partial charge in [-0.1, -0.05) is 6.92 Å². The van der Waals surface area contributed by atoms with Crippen molar-refractivity contribution >= 4 is 19.0 Å². The number of hydrogen-bond acceptors (Lipinski definition) is 2. The SMILES string of the molecule is CC/C=N\S. The third kappa shape index (κ3) is 4.02. The molecular weight excluding hydrogens is 82.1 g/mol. The average molecular weight is 89.2 g/mol. The highest BCUT2D eigenvalue weighted by Gasteiger charge is 1.54. The molecule has 0 atom stereocenters. The normalized spacial score (nSPS) is 10.0. The van der Waals surface area contributed by atoms with Gasteiger partial charge in [-0.05, 0) is 19.2 Å². The molecule has 0 rings (SSSR count). The fourth-order valence-corrected chi connectivity index (χ4v) is 0.245. The van der Waals surface area contributed by atoms with Crippen LogP contribution in [-0.2, 0) is 0 Å². The van der Waals surface area contributed by atoms with E-state index in [1.165, 1.54) is 0 Å². The van der Waals surface area contributed by atoms with Crippen LogP contribution in [-0.4, -0.2) is 6.21 Å². The third-order valence-corrected chi connectivity index (χ3v) is 0.428. The molecule has 0 bridgehead atoms. The second kappa shape index (κ2) is 4.02. The highest BCUT2D eigenvalue weighted by atomic mass is 32.1. The molecule has 0 radical (unpaired) electrons. The fraction of sp³-hybridized carbons (Fsp3) is 0.667. The first-order chi connectivity index (χ1) is 2.41. The van der Waals surface area contributed by atoms with Crippen LogP contribution in [0.15, 0.2) is 4.40 Å². The summed E-state index contributed by atoms with van der Waals surface area (Å²) in [6, 6.07) is 0. The second-order valence-electron chi connectivity index (χ2n) is 0.706. The van der Waals surface area contributed by atoms with E-state index in [1.54, 1.807) is 6.21 Å². The minimum absolute atomic E-state index is 0.976. The van der Waals surface area contributed by atoms with Crippen LogP contribution in [0.1, 0.15) is 13.3 Å². The maximum Gasteiger partial charge on any atom is 0.0120 e. The molecule has 0 amide bonds. The maximum absolute atomic E-state index is 3.57. The van der Waals surface area contributed by atoms with Gasteiger partial charge >= 0.3 is 0 Å². The molecule has 0 spiro atoms. The molecule has 0 aromatic rings. The summed E-state index contributed by atoms with van der Waals surface area (Å²) in [5.74, 6) is 0. The van der Waals surface area contributed by atoms with Crippen LogP contribution in [0.4, 0.5) is 0 Å². The van der Waals surface area contributed by atoms with Gasteiger partial charge in [0.2, 0.25) is 0 Å². The van der Waals surface area contributed by atoms with Crippen LogP contribution in [0.25, 0.3) is 0 Å². The summed E-state index contributed by atoms with van der Waals surface area (Å²) in [5, 5.41) is 0. The molecule has 1 nitrogen and oxygen atoms in total. The van der Waals surface area contributed by atoms with Gasteiger partial charge in [0.25, 0.3) is 0 Å². The maximum atomic E-state index is 3.57. The molecule has 0 aromatic heterocycles. The van der Waals surface area contributed by atoms with Gasteiger partial charge in [0.1, 0.15) is 0 Å². The van der Waals surface area contributed by atoms with E-state index in [1.807, 2.05) is 6.92 Å². The molecule has 0 saturated heterocycles. The first kappa shape index (κ1) is 5.02. The summed E-state index contributed by atoms with van der Waals surface area (Å²) < 4.78 is 3.42. The first-order valence-electron chi connectivity index (χ1n) is 1.57. The Labute approximate surface area is 37.7 Å². The van der Waals surface area contributed by atoms with E-state index in [2.05, 4.69) is 17.2 Å². The molecule has 0 aliphatic heterocycles. The van der Waals surface area contributed by atoms with Crippen molar-refractivity contribution in [3.63, 3.8) is 0 Å². The van der Waals surface area contributed by atoms with Gasteiger partial charge in [-0.15, -0.1) is 0 Å². The van der Waals surface area contributed by atoms with E-state index in [-0.39, 0.29) is 0 Å². The monoisotopic (exact) mass is 89.0 g/mol. The Balaban J connectivity index is 2.62. The number of nitrogens with zero attached hydrogens (tertiary/aromatic N) is 1. The first-order valence-corrected chi connectivity index (χ1v) is 1.97. The van der Waals surface area contributed by atoms with Gasteiger partial charge in [-0.25, -0.2) is 4.40 Å². The molecule has 0 aromatic carbocycles. The van der Waals surface area contributed by atoms with Gasteiger partial charge in [-0.2, -0.15) is 0 Å². The predicted molar refractivity (Wildman–Crippen MR) is 27.8 cm³/mol. The smallest absolute Gasteiger partial charge is 0.0120 e. The predicted octanol–water partition coefficient (Wildman–Crippen LogP) is 1.31. The van der Waals surface area contributed by atoms with Crippen molar-refractivity contribution in [2.45, 2.75) is 13.3 Å². The lowest BCUT2D eigenvalue weighted by Gasteiger charge is -1.64. The Hall–Kier alpha value is 0.0200. The van der Waals surface area contributed by atoms with Crippen molar-refractivity contribution in [1.82, 2.24) is 0 Å². The largest absolute Gasteiger partial charge is 0.232 e. The Morgan fingerprint density at radius 3 is 2.60 bits per heavy atom. The summed E-state index contributed by atoms with van der Waals surface area (Å²) in [6.07, 6.45) is 2.71. The van der Waals surface area contributed by atoms with Crippen LogP contribution < -0.4 is 0 Å². The lowest BCUT2D eigenvalue weighted by molar-refractivity contribution is 1.33.